The highest BCUT2D eigenvalue weighted by molar-refractivity contribution is 5.94. The van der Waals surface area contributed by atoms with E-state index in [9.17, 15) is 22.8 Å². The van der Waals surface area contributed by atoms with E-state index in [2.05, 4.69) is 0 Å². The minimum absolute atomic E-state index is 0.0391. The highest BCUT2D eigenvalue weighted by Crippen LogP contribution is 2.29. The van der Waals surface area contributed by atoms with Crippen molar-refractivity contribution in [3.63, 3.8) is 0 Å². The summed E-state index contributed by atoms with van der Waals surface area (Å²) in [6.45, 7) is 3.92. The van der Waals surface area contributed by atoms with Crippen LogP contribution in [0.15, 0.2) is 24.3 Å². The van der Waals surface area contributed by atoms with Crippen molar-refractivity contribution < 1.29 is 27.9 Å². The van der Waals surface area contributed by atoms with Crippen LogP contribution in [0.1, 0.15) is 36.2 Å². The summed E-state index contributed by atoms with van der Waals surface area (Å²) in [7, 11) is 0. The van der Waals surface area contributed by atoms with Crippen molar-refractivity contribution in [2.45, 2.75) is 26.4 Å². The summed E-state index contributed by atoms with van der Waals surface area (Å²) in [5, 5.41) is 8.71. The smallest absolute Gasteiger partial charge is 0.416 e. The predicted molar refractivity (Wildman–Crippen MR) is 74.4 cm³/mol. The van der Waals surface area contributed by atoms with Crippen LogP contribution in [0.25, 0.3) is 0 Å². The molecule has 0 heterocycles. The van der Waals surface area contributed by atoms with Crippen LogP contribution >= 0.6 is 0 Å². The average molecular weight is 317 g/mol. The third-order valence-corrected chi connectivity index (χ3v) is 2.91. The van der Waals surface area contributed by atoms with Gasteiger partial charge >= 0.3 is 12.1 Å². The van der Waals surface area contributed by atoms with Crippen molar-refractivity contribution in [2.75, 3.05) is 13.1 Å². The fraction of sp³-hybridized carbons (Fsp3) is 0.467. The van der Waals surface area contributed by atoms with Gasteiger partial charge in [0.15, 0.2) is 0 Å². The Balaban J connectivity index is 3.00. The molecule has 0 bridgehead atoms. The predicted octanol–water partition coefficient (Wildman–Crippen LogP) is 3.28. The molecule has 0 fully saturated rings. The van der Waals surface area contributed by atoms with Crippen molar-refractivity contribution in [1.82, 2.24) is 4.90 Å². The van der Waals surface area contributed by atoms with E-state index in [1.165, 1.54) is 17.0 Å². The number of halogens is 3. The summed E-state index contributed by atoms with van der Waals surface area (Å²) in [5.74, 6) is -1.59. The normalized spacial score (nSPS) is 11.5. The molecule has 0 unspecified atom stereocenters. The van der Waals surface area contributed by atoms with Crippen LogP contribution in [0.2, 0.25) is 0 Å². The number of aliphatic carboxylic acids is 1. The van der Waals surface area contributed by atoms with Crippen molar-refractivity contribution in [3.8, 4) is 0 Å². The van der Waals surface area contributed by atoms with Crippen LogP contribution in [0.5, 0.6) is 0 Å². The molecule has 1 aromatic carbocycles. The second kappa shape index (κ2) is 7.29. The maximum Gasteiger partial charge on any atom is 0.416 e. The Labute approximate surface area is 126 Å². The van der Waals surface area contributed by atoms with Crippen molar-refractivity contribution in [1.29, 1.82) is 0 Å². The molecule has 1 aromatic rings. The number of alkyl halides is 3. The molecule has 1 N–H and O–H groups in total. The van der Waals surface area contributed by atoms with Crippen LogP contribution in [-0.4, -0.2) is 35.0 Å². The standard InChI is InChI=1S/C15H18F3NO3/c1-10(2)9-19(7-6-13(20)21)14(22)11-4-3-5-12(8-11)15(16,17)18/h3-5,8,10H,6-7,9H2,1-2H3,(H,20,21). The Morgan fingerprint density at radius 2 is 1.91 bits per heavy atom. The number of amides is 1. The molecule has 0 atom stereocenters. The minimum atomic E-state index is -4.53. The SMILES string of the molecule is CC(C)CN(CCC(=O)O)C(=O)c1cccc(C(F)(F)F)c1. The number of benzene rings is 1. The lowest BCUT2D eigenvalue weighted by molar-refractivity contribution is -0.138. The topological polar surface area (TPSA) is 57.6 Å². The number of nitrogens with zero attached hydrogens (tertiary/aromatic N) is 1. The van der Waals surface area contributed by atoms with Crippen LogP contribution in [0, 0.1) is 5.92 Å². The van der Waals surface area contributed by atoms with Gasteiger partial charge in [0.2, 0.25) is 0 Å². The molecule has 0 aliphatic heterocycles. The van der Waals surface area contributed by atoms with Gasteiger partial charge in [-0.25, -0.2) is 0 Å². The zero-order valence-corrected chi connectivity index (χ0v) is 12.4. The van der Waals surface area contributed by atoms with Gasteiger partial charge in [-0.2, -0.15) is 13.2 Å². The van der Waals surface area contributed by atoms with Gasteiger partial charge in [-0.05, 0) is 24.1 Å². The first-order valence-corrected chi connectivity index (χ1v) is 6.79. The third-order valence-electron chi connectivity index (χ3n) is 2.91. The van der Waals surface area contributed by atoms with E-state index in [0.717, 1.165) is 12.1 Å². The molecule has 0 saturated carbocycles. The first-order chi connectivity index (χ1) is 10.1. The summed E-state index contributed by atoms with van der Waals surface area (Å²) in [6, 6.07) is 4.14. The molecule has 0 spiro atoms. The number of carboxylic acid groups (broad SMARTS) is 1. The van der Waals surface area contributed by atoms with E-state index in [4.69, 9.17) is 5.11 Å². The number of rotatable bonds is 6. The lowest BCUT2D eigenvalue weighted by Gasteiger charge is -2.24. The molecule has 0 radical (unpaired) electrons. The Morgan fingerprint density at radius 1 is 1.27 bits per heavy atom. The van der Waals surface area contributed by atoms with E-state index in [1.54, 1.807) is 0 Å². The summed E-state index contributed by atoms with van der Waals surface area (Å²) in [6.07, 6.45) is -4.78. The zero-order chi connectivity index (χ0) is 16.9. The van der Waals surface area contributed by atoms with Crippen molar-refractivity contribution >= 4 is 11.9 Å². The van der Waals surface area contributed by atoms with Gasteiger partial charge in [0.25, 0.3) is 5.91 Å². The molecular weight excluding hydrogens is 299 g/mol. The molecule has 0 aromatic heterocycles. The van der Waals surface area contributed by atoms with E-state index in [0.29, 0.717) is 0 Å². The van der Waals surface area contributed by atoms with E-state index < -0.39 is 23.6 Å². The summed E-state index contributed by atoms with van der Waals surface area (Å²) in [4.78, 5) is 24.3. The summed E-state index contributed by atoms with van der Waals surface area (Å²) in [5.41, 5.74) is -0.998. The molecule has 122 valence electrons. The first-order valence-electron chi connectivity index (χ1n) is 6.79. The maximum atomic E-state index is 12.7. The van der Waals surface area contributed by atoms with Gasteiger partial charge in [0, 0.05) is 18.7 Å². The van der Waals surface area contributed by atoms with E-state index in [1.807, 2.05) is 13.8 Å². The number of hydrogen-bond donors (Lipinski definition) is 1. The largest absolute Gasteiger partial charge is 0.481 e. The minimum Gasteiger partial charge on any atom is -0.481 e. The number of hydrogen-bond acceptors (Lipinski definition) is 2. The highest BCUT2D eigenvalue weighted by atomic mass is 19.4. The Bertz CT molecular complexity index is 541. The average Bonchev–Trinajstić information content (AvgIpc) is 2.41. The van der Waals surface area contributed by atoms with Gasteiger partial charge in [0.1, 0.15) is 0 Å². The highest BCUT2D eigenvalue weighted by Gasteiger charge is 2.31. The van der Waals surface area contributed by atoms with Crippen LogP contribution in [-0.2, 0) is 11.0 Å². The lowest BCUT2D eigenvalue weighted by atomic mass is 10.1. The Kier molecular flexibility index (Phi) is 5.96. The van der Waals surface area contributed by atoms with Gasteiger partial charge in [-0.3, -0.25) is 9.59 Å². The molecule has 0 aliphatic carbocycles. The Hall–Kier alpha value is -2.05. The molecule has 4 nitrogen and oxygen atoms in total. The van der Waals surface area contributed by atoms with Gasteiger partial charge in [-0.1, -0.05) is 19.9 Å². The molecule has 7 heteroatoms. The quantitative estimate of drug-likeness (QED) is 0.876. The second-order valence-corrected chi connectivity index (χ2v) is 5.37. The maximum absolute atomic E-state index is 12.7. The van der Waals surface area contributed by atoms with Crippen LogP contribution < -0.4 is 0 Å². The first kappa shape index (κ1) is 18.0. The van der Waals surface area contributed by atoms with Gasteiger partial charge in [0.05, 0.1) is 12.0 Å². The monoisotopic (exact) mass is 317 g/mol. The fourth-order valence-electron chi connectivity index (χ4n) is 1.96. The molecule has 0 saturated heterocycles. The lowest BCUT2D eigenvalue weighted by Crippen LogP contribution is -2.36. The summed E-state index contributed by atoms with van der Waals surface area (Å²) < 4.78 is 38.1. The molecule has 22 heavy (non-hydrogen) atoms. The van der Waals surface area contributed by atoms with Crippen molar-refractivity contribution in [2.24, 2.45) is 5.92 Å². The van der Waals surface area contributed by atoms with Crippen molar-refractivity contribution in [3.05, 3.63) is 35.4 Å². The van der Waals surface area contributed by atoms with Crippen LogP contribution in [0.4, 0.5) is 13.2 Å². The Morgan fingerprint density at radius 3 is 2.41 bits per heavy atom. The van der Waals surface area contributed by atoms with Crippen LogP contribution in [0.3, 0.4) is 0 Å². The molecule has 0 aliphatic rings. The number of carboxylic acids is 1. The second-order valence-electron chi connectivity index (χ2n) is 5.37. The number of carbonyl (C=O) groups excluding carboxylic acids is 1. The fourth-order valence-corrected chi connectivity index (χ4v) is 1.96. The van der Waals surface area contributed by atoms with Gasteiger partial charge < -0.3 is 10.0 Å². The van der Waals surface area contributed by atoms with E-state index >= 15 is 0 Å². The molecule has 1 amide bonds. The third kappa shape index (κ3) is 5.38. The van der Waals surface area contributed by atoms with E-state index in [-0.39, 0.29) is 31.0 Å². The van der Waals surface area contributed by atoms with Gasteiger partial charge in [-0.15, -0.1) is 0 Å². The zero-order valence-electron chi connectivity index (χ0n) is 12.4. The number of carbonyl (C=O) groups is 2. The molecular formula is C15H18F3NO3. The molecule has 1 rings (SSSR count). The summed E-state index contributed by atoms with van der Waals surface area (Å²) >= 11 is 0.